The van der Waals surface area contributed by atoms with Crippen LogP contribution in [0, 0.1) is 18.3 Å². The van der Waals surface area contributed by atoms with E-state index in [1.165, 1.54) is 0 Å². The van der Waals surface area contributed by atoms with Gasteiger partial charge in [-0.2, -0.15) is 5.26 Å². The second kappa shape index (κ2) is 8.63. The van der Waals surface area contributed by atoms with Gasteiger partial charge in [-0.1, -0.05) is 17.7 Å². The summed E-state index contributed by atoms with van der Waals surface area (Å²) in [6, 6.07) is 9.44. The summed E-state index contributed by atoms with van der Waals surface area (Å²) in [5.74, 6) is 0.0679. The van der Waals surface area contributed by atoms with E-state index in [1.807, 2.05) is 43.0 Å². The molecule has 0 aromatic heterocycles. The first-order valence-electron chi connectivity index (χ1n) is 8.66. The molecule has 1 aromatic rings. The number of carbonyl (C=O) groups excluding carboxylic acids is 2. The lowest BCUT2D eigenvalue weighted by Gasteiger charge is -2.38. The van der Waals surface area contributed by atoms with Crippen LogP contribution in [-0.2, 0) is 4.79 Å². The quantitative estimate of drug-likeness (QED) is 0.813. The molecule has 25 heavy (non-hydrogen) atoms. The third-order valence-electron chi connectivity index (χ3n) is 4.74. The molecule has 0 saturated carbocycles. The van der Waals surface area contributed by atoms with Crippen molar-refractivity contribution in [2.75, 3.05) is 39.8 Å². The summed E-state index contributed by atoms with van der Waals surface area (Å²) in [5, 5.41) is 8.64. The minimum atomic E-state index is -0.236. The van der Waals surface area contributed by atoms with Crippen LogP contribution < -0.4 is 0 Å². The highest BCUT2D eigenvalue weighted by Gasteiger charge is 2.29. The van der Waals surface area contributed by atoms with E-state index in [0.29, 0.717) is 44.7 Å². The van der Waals surface area contributed by atoms with Crippen molar-refractivity contribution in [3.05, 3.63) is 35.4 Å². The number of hydrogen-bond donors (Lipinski definition) is 0. The first-order valence-corrected chi connectivity index (χ1v) is 8.66. The van der Waals surface area contributed by atoms with Gasteiger partial charge in [0.05, 0.1) is 18.5 Å². The number of nitrogens with zero attached hydrogens (tertiary/aromatic N) is 4. The molecule has 134 valence electrons. The first kappa shape index (κ1) is 18.9. The Bertz CT molecular complexity index is 642. The van der Waals surface area contributed by atoms with Crippen molar-refractivity contribution in [1.29, 1.82) is 5.26 Å². The van der Waals surface area contributed by atoms with Crippen molar-refractivity contribution >= 4 is 11.8 Å². The highest BCUT2D eigenvalue weighted by Crippen LogP contribution is 2.13. The Morgan fingerprint density at radius 3 is 2.36 bits per heavy atom. The van der Waals surface area contributed by atoms with Crippen molar-refractivity contribution in [2.45, 2.75) is 26.3 Å². The Kier molecular flexibility index (Phi) is 6.54. The number of aryl methyl sites for hydroxylation is 1. The lowest BCUT2D eigenvalue weighted by Crippen LogP contribution is -2.55. The molecule has 6 heteroatoms. The van der Waals surface area contributed by atoms with Crippen molar-refractivity contribution < 1.29 is 9.59 Å². The van der Waals surface area contributed by atoms with E-state index in [-0.39, 0.29) is 17.9 Å². The SMILES string of the molecule is Cc1ccc(C(=O)N2CCN([C@H](C)C(=O)N(C)CCC#N)CC2)cc1. The Hall–Kier alpha value is -2.39. The molecule has 1 aromatic carbocycles. The van der Waals surface area contributed by atoms with Crippen molar-refractivity contribution in [3.63, 3.8) is 0 Å². The number of amides is 2. The van der Waals surface area contributed by atoms with E-state index in [1.54, 1.807) is 11.9 Å². The summed E-state index contributed by atoms with van der Waals surface area (Å²) < 4.78 is 0. The van der Waals surface area contributed by atoms with Gasteiger partial charge in [0.15, 0.2) is 0 Å². The topological polar surface area (TPSA) is 67.7 Å². The van der Waals surface area contributed by atoms with Crippen LogP contribution in [-0.4, -0.2) is 72.3 Å². The summed E-state index contributed by atoms with van der Waals surface area (Å²) in [5.41, 5.74) is 1.84. The molecular formula is C19H26N4O2. The van der Waals surface area contributed by atoms with Crippen LogP contribution in [0.1, 0.15) is 29.3 Å². The van der Waals surface area contributed by atoms with Gasteiger partial charge in [-0.3, -0.25) is 14.5 Å². The highest BCUT2D eigenvalue weighted by molar-refractivity contribution is 5.94. The third kappa shape index (κ3) is 4.80. The van der Waals surface area contributed by atoms with Gasteiger partial charge < -0.3 is 9.80 Å². The zero-order valence-corrected chi connectivity index (χ0v) is 15.2. The largest absolute Gasteiger partial charge is 0.343 e. The number of piperazine rings is 1. The molecule has 0 bridgehead atoms. The van der Waals surface area contributed by atoms with Gasteiger partial charge in [0.2, 0.25) is 5.91 Å². The minimum Gasteiger partial charge on any atom is -0.343 e. The van der Waals surface area contributed by atoms with E-state index in [4.69, 9.17) is 5.26 Å². The first-order chi connectivity index (χ1) is 11.9. The van der Waals surface area contributed by atoms with E-state index in [0.717, 1.165) is 5.56 Å². The fourth-order valence-electron chi connectivity index (χ4n) is 2.99. The summed E-state index contributed by atoms with van der Waals surface area (Å²) in [6.45, 7) is 6.93. The van der Waals surface area contributed by atoms with Crippen molar-refractivity contribution in [3.8, 4) is 6.07 Å². The molecule has 1 heterocycles. The second-order valence-electron chi connectivity index (χ2n) is 6.54. The van der Waals surface area contributed by atoms with Crippen LogP contribution >= 0.6 is 0 Å². The number of hydrogen-bond acceptors (Lipinski definition) is 4. The van der Waals surface area contributed by atoms with Crippen molar-refractivity contribution in [1.82, 2.24) is 14.7 Å². The fraction of sp³-hybridized carbons (Fsp3) is 0.526. The lowest BCUT2D eigenvalue weighted by molar-refractivity contribution is -0.135. The van der Waals surface area contributed by atoms with E-state index in [2.05, 4.69) is 11.0 Å². The monoisotopic (exact) mass is 342 g/mol. The van der Waals surface area contributed by atoms with Crippen LogP contribution in [0.25, 0.3) is 0 Å². The summed E-state index contributed by atoms with van der Waals surface area (Å²) in [7, 11) is 1.73. The van der Waals surface area contributed by atoms with E-state index < -0.39 is 0 Å². The van der Waals surface area contributed by atoms with Crippen LogP contribution in [0.15, 0.2) is 24.3 Å². The number of likely N-dealkylation sites (N-methyl/N-ethyl adjacent to an activating group) is 1. The molecule has 0 unspecified atom stereocenters. The Morgan fingerprint density at radius 2 is 1.80 bits per heavy atom. The predicted molar refractivity (Wildman–Crippen MR) is 96.0 cm³/mol. The second-order valence-corrected chi connectivity index (χ2v) is 6.54. The normalized spacial score (nSPS) is 16.2. The van der Waals surface area contributed by atoms with Crippen LogP contribution in [0.4, 0.5) is 0 Å². The Labute approximate surface area is 149 Å². The molecule has 0 radical (unpaired) electrons. The molecule has 1 atom stereocenters. The van der Waals surface area contributed by atoms with Crippen LogP contribution in [0.2, 0.25) is 0 Å². The fourth-order valence-corrected chi connectivity index (χ4v) is 2.99. The molecule has 1 fully saturated rings. The molecule has 0 spiro atoms. The number of rotatable bonds is 5. The van der Waals surface area contributed by atoms with Gasteiger partial charge in [0.1, 0.15) is 0 Å². The van der Waals surface area contributed by atoms with E-state index in [9.17, 15) is 9.59 Å². The highest BCUT2D eigenvalue weighted by atomic mass is 16.2. The minimum absolute atomic E-state index is 0.0218. The molecule has 2 amide bonds. The molecule has 1 aliphatic heterocycles. The Balaban J connectivity index is 1.88. The standard InChI is InChI=1S/C19H26N4O2/c1-15-5-7-17(8-6-15)19(25)23-13-11-22(12-14-23)16(2)18(24)21(3)10-4-9-20/h5-8,16H,4,10-14H2,1-3H3/t16-/m1/s1. The van der Waals surface area contributed by atoms with Gasteiger partial charge in [0.25, 0.3) is 5.91 Å². The van der Waals surface area contributed by atoms with Gasteiger partial charge in [-0.05, 0) is 26.0 Å². The molecule has 1 saturated heterocycles. The average Bonchev–Trinajstić information content (AvgIpc) is 2.65. The van der Waals surface area contributed by atoms with Crippen LogP contribution in [0.5, 0.6) is 0 Å². The molecular weight excluding hydrogens is 316 g/mol. The van der Waals surface area contributed by atoms with Gasteiger partial charge in [-0.25, -0.2) is 0 Å². The molecule has 0 N–H and O–H groups in total. The zero-order valence-electron chi connectivity index (χ0n) is 15.2. The maximum Gasteiger partial charge on any atom is 0.253 e. The molecule has 1 aliphatic rings. The summed E-state index contributed by atoms with van der Waals surface area (Å²) in [6.07, 6.45) is 0.341. The summed E-state index contributed by atoms with van der Waals surface area (Å²) in [4.78, 5) is 30.5. The molecule has 6 nitrogen and oxygen atoms in total. The number of carbonyl (C=O) groups is 2. The van der Waals surface area contributed by atoms with Gasteiger partial charge >= 0.3 is 0 Å². The average molecular weight is 342 g/mol. The maximum atomic E-state index is 12.5. The smallest absolute Gasteiger partial charge is 0.253 e. The number of nitriles is 1. The van der Waals surface area contributed by atoms with Crippen molar-refractivity contribution in [2.24, 2.45) is 0 Å². The van der Waals surface area contributed by atoms with Gasteiger partial charge in [0, 0.05) is 45.3 Å². The van der Waals surface area contributed by atoms with E-state index >= 15 is 0 Å². The summed E-state index contributed by atoms with van der Waals surface area (Å²) >= 11 is 0. The van der Waals surface area contributed by atoms with Crippen LogP contribution in [0.3, 0.4) is 0 Å². The van der Waals surface area contributed by atoms with Gasteiger partial charge in [-0.15, -0.1) is 0 Å². The molecule has 0 aliphatic carbocycles. The molecule has 2 rings (SSSR count). The third-order valence-corrected chi connectivity index (χ3v) is 4.74. The lowest BCUT2D eigenvalue weighted by atomic mass is 10.1. The Morgan fingerprint density at radius 1 is 1.20 bits per heavy atom. The number of benzene rings is 1. The zero-order chi connectivity index (χ0) is 18.4. The predicted octanol–water partition coefficient (Wildman–Crippen LogP) is 1.51. The maximum absolute atomic E-state index is 12.5.